The van der Waals surface area contributed by atoms with Gasteiger partial charge in [-0.2, -0.15) is 0 Å². The summed E-state index contributed by atoms with van der Waals surface area (Å²) in [6.07, 6.45) is 0. The van der Waals surface area contributed by atoms with Crippen LogP contribution >= 0.6 is 46.4 Å². The van der Waals surface area contributed by atoms with Crippen LogP contribution in [-0.2, 0) is 13.2 Å². The Morgan fingerprint density at radius 1 is 0.769 bits per heavy atom. The Kier molecular flexibility index (Phi) is 6.55. The van der Waals surface area contributed by atoms with E-state index in [0.717, 1.165) is 16.8 Å². The molecule has 0 saturated carbocycles. The lowest BCUT2D eigenvalue weighted by molar-refractivity contribution is 0.306. The Bertz CT molecular complexity index is 914. The highest BCUT2D eigenvalue weighted by Crippen LogP contribution is 2.29. The van der Waals surface area contributed by atoms with Gasteiger partial charge in [0.05, 0.1) is 15.7 Å². The first-order chi connectivity index (χ1) is 12.5. The molecule has 0 aromatic heterocycles. The minimum atomic E-state index is 0.359. The Morgan fingerprint density at radius 3 is 2.31 bits per heavy atom. The maximum Gasteiger partial charge on any atom is 0.138 e. The zero-order valence-corrected chi connectivity index (χ0v) is 16.6. The molecule has 3 rings (SSSR count). The van der Waals surface area contributed by atoms with Crippen molar-refractivity contribution in [2.75, 3.05) is 5.32 Å². The van der Waals surface area contributed by atoms with Gasteiger partial charge in [0.1, 0.15) is 12.4 Å². The van der Waals surface area contributed by atoms with E-state index in [2.05, 4.69) is 5.32 Å². The van der Waals surface area contributed by atoms with Crippen molar-refractivity contribution in [2.45, 2.75) is 13.2 Å². The van der Waals surface area contributed by atoms with Crippen LogP contribution in [-0.4, -0.2) is 0 Å². The van der Waals surface area contributed by atoms with Crippen molar-refractivity contribution >= 4 is 52.1 Å². The largest absolute Gasteiger partial charge is 0.487 e. The molecule has 0 unspecified atom stereocenters. The highest BCUT2D eigenvalue weighted by atomic mass is 35.5. The summed E-state index contributed by atoms with van der Waals surface area (Å²) in [7, 11) is 0. The zero-order chi connectivity index (χ0) is 18.5. The molecule has 0 heterocycles. The second-order valence-corrected chi connectivity index (χ2v) is 7.28. The average Bonchev–Trinajstić information content (AvgIpc) is 2.61. The van der Waals surface area contributed by atoms with Gasteiger partial charge in [-0.25, -0.2) is 0 Å². The van der Waals surface area contributed by atoms with E-state index in [1.54, 1.807) is 12.1 Å². The summed E-state index contributed by atoms with van der Waals surface area (Å²) in [5.74, 6) is 0.611. The van der Waals surface area contributed by atoms with Crippen molar-refractivity contribution in [2.24, 2.45) is 0 Å². The van der Waals surface area contributed by atoms with Crippen LogP contribution in [0.5, 0.6) is 5.75 Å². The zero-order valence-electron chi connectivity index (χ0n) is 13.6. The molecule has 26 heavy (non-hydrogen) atoms. The number of halogens is 4. The number of hydrogen-bond donors (Lipinski definition) is 1. The van der Waals surface area contributed by atoms with Crippen LogP contribution in [0.2, 0.25) is 20.1 Å². The molecular weight excluding hydrogens is 412 g/mol. The van der Waals surface area contributed by atoms with Crippen LogP contribution in [0.4, 0.5) is 5.69 Å². The minimum Gasteiger partial charge on any atom is -0.487 e. The molecule has 6 heteroatoms. The van der Waals surface area contributed by atoms with Crippen molar-refractivity contribution < 1.29 is 4.74 Å². The van der Waals surface area contributed by atoms with Gasteiger partial charge in [0, 0.05) is 22.2 Å². The Hall–Kier alpha value is -1.58. The molecule has 3 aromatic carbocycles. The first-order valence-electron chi connectivity index (χ1n) is 7.86. The number of nitrogens with one attached hydrogen (secondary N) is 1. The molecule has 0 bridgehead atoms. The van der Waals surface area contributed by atoms with Gasteiger partial charge >= 0.3 is 0 Å². The lowest BCUT2D eigenvalue weighted by Crippen LogP contribution is -2.01. The molecule has 0 amide bonds. The van der Waals surface area contributed by atoms with Crippen LogP contribution in [0.1, 0.15) is 11.1 Å². The smallest absolute Gasteiger partial charge is 0.138 e. The molecule has 0 spiro atoms. The fourth-order valence-electron chi connectivity index (χ4n) is 2.37. The molecule has 0 atom stereocenters. The van der Waals surface area contributed by atoms with Gasteiger partial charge < -0.3 is 10.1 Å². The molecule has 0 aliphatic heterocycles. The van der Waals surface area contributed by atoms with Crippen molar-refractivity contribution in [3.05, 3.63) is 91.9 Å². The number of ether oxygens (including phenoxy) is 1. The predicted octanol–water partition coefficient (Wildman–Crippen LogP) is 7.49. The summed E-state index contributed by atoms with van der Waals surface area (Å²) < 4.78 is 5.78. The van der Waals surface area contributed by atoms with Crippen LogP contribution in [0.3, 0.4) is 0 Å². The maximum absolute atomic E-state index is 6.34. The monoisotopic (exact) mass is 425 g/mol. The number of anilines is 1. The molecule has 0 radical (unpaired) electrons. The van der Waals surface area contributed by atoms with Crippen LogP contribution in [0.25, 0.3) is 0 Å². The van der Waals surface area contributed by atoms with E-state index >= 15 is 0 Å². The van der Waals surface area contributed by atoms with Crippen LogP contribution in [0.15, 0.2) is 60.7 Å². The Balaban J connectivity index is 1.63. The first kappa shape index (κ1) is 19.2. The van der Waals surface area contributed by atoms with E-state index < -0.39 is 0 Å². The Morgan fingerprint density at radius 2 is 1.58 bits per heavy atom. The van der Waals surface area contributed by atoms with Crippen LogP contribution < -0.4 is 10.1 Å². The van der Waals surface area contributed by atoms with Gasteiger partial charge in [-0.1, -0.05) is 70.7 Å². The third-order valence-corrected chi connectivity index (χ3v) is 4.96. The summed E-state index contributed by atoms with van der Waals surface area (Å²) >= 11 is 24.5. The minimum absolute atomic E-state index is 0.359. The Labute approximate surface area is 172 Å². The molecule has 0 aliphatic carbocycles. The lowest BCUT2D eigenvalue weighted by atomic mass is 10.2. The van der Waals surface area contributed by atoms with Crippen molar-refractivity contribution in [1.82, 2.24) is 0 Å². The van der Waals surface area contributed by atoms with Gasteiger partial charge in [-0.05, 0) is 42.0 Å². The molecule has 0 aliphatic rings. The quantitative estimate of drug-likeness (QED) is 0.440. The van der Waals surface area contributed by atoms with E-state index in [9.17, 15) is 0 Å². The third-order valence-electron chi connectivity index (χ3n) is 3.75. The van der Waals surface area contributed by atoms with E-state index in [1.807, 2.05) is 48.5 Å². The highest BCUT2D eigenvalue weighted by Gasteiger charge is 2.07. The predicted molar refractivity (Wildman–Crippen MR) is 111 cm³/mol. The van der Waals surface area contributed by atoms with Gasteiger partial charge in [0.15, 0.2) is 0 Å². The molecule has 0 saturated heterocycles. The van der Waals surface area contributed by atoms with Crippen molar-refractivity contribution in [1.29, 1.82) is 0 Å². The molecule has 3 aromatic rings. The molecule has 1 N–H and O–H groups in total. The van der Waals surface area contributed by atoms with Gasteiger partial charge in [-0.15, -0.1) is 0 Å². The maximum atomic E-state index is 6.34. The highest BCUT2D eigenvalue weighted by molar-refractivity contribution is 6.36. The number of rotatable bonds is 6. The number of hydrogen-bond acceptors (Lipinski definition) is 2. The summed E-state index contributed by atoms with van der Waals surface area (Å²) in [5.41, 5.74) is 2.73. The van der Waals surface area contributed by atoms with Gasteiger partial charge in [-0.3, -0.25) is 0 Å². The van der Waals surface area contributed by atoms with Gasteiger partial charge in [0.25, 0.3) is 0 Å². The van der Waals surface area contributed by atoms with E-state index in [0.29, 0.717) is 39.0 Å². The molecular formula is C20H15Cl4NO. The van der Waals surface area contributed by atoms with E-state index in [4.69, 9.17) is 51.1 Å². The fraction of sp³-hybridized carbons (Fsp3) is 0.100. The fourth-order valence-corrected chi connectivity index (χ4v) is 3.30. The lowest BCUT2D eigenvalue weighted by Gasteiger charge is -2.12. The first-order valence-corrected chi connectivity index (χ1v) is 9.37. The molecule has 0 fully saturated rings. The van der Waals surface area contributed by atoms with E-state index in [1.165, 1.54) is 0 Å². The second kappa shape index (κ2) is 8.88. The summed E-state index contributed by atoms with van der Waals surface area (Å²) in [6.45, 7) is 0.934. The molecule has 2 nitrogen and oxygen atoms in total. The van der Waals surface area contributed by atoms with Crippen LogP contribution in [0, 0.1) is 0 Å². The third kappa shape index (κ3) is 4.99. The van der Waals surface area contributed by atoms with E-state index in [-0.39, 0.29) is 0 Å². The average molecular weight is 427 g/mol. The van der Waals surface area contributed by atoms with Gasteiger partial charge in [0.2, 0.25) is 0 Å². The second-order valence-electron chi connectivity index (χ2n) is 5.62. The summed E-state index contributed by atoms with van der Waals surface area (Å²) in [5, 5.41) is 5.64. The molecule has 134 valence electrons. The summed E-state index contributed by atoms with van der Waals surface area (Å²) in [6, 6.07) is 18.5. The topological polar surface area (TPSA) is 21.3 Å². The number of benzene rings is 3. The normalized spacial score (nSPS) is 10.6. The van der Waals surface area contributed by atoms with Crippen molar-refractivity contribution in [3.63, 3.8) is 0 Å². The SMILES string of the molecule is Clc1ccc(NCc2ccc(OCc3ccccc3Cl)c(Cl)c2)c(Cl)c1. The standard InChI is InChI=1S/C20H15Cl4NO/c21-15-6-7-19(17(23)10-15)25-11-13-5-8-20(18(24)9-13)26-12-14-3-1-2-4-16(14)22/h1-10,25H,11-12H2. The van der Waals surface area contributed by atoms with Crippen molar-refractivity contribution in [3.8, 4) is 5.75 Å². The summed E-state index contributed by atoms with van der Waals surface area (Å²) in [4.78, 5) is 0.